The van der Waals surface area contributed by atoms with Crippen LogP contribution in [-0.2, 0) is 11.2 Å². The van der Waals surface area contributed by atoms with E-state index in [1.54, 1.807) is 19.2 Å². The van der Waals surface area contributed by atoms with Gasteiger partial charge in [-0.3, -0.25) is 4.79 Å². The monoisotopic (exact) mass is 410 g/mol. The summed E-state index contributed by atoms with van der Waals surface area (Å²) in [5, 5.41) is 3.91. The molecule has 0 N–H and O–H groups in total. The highest BCUT2D eigenvalue weighted by Gasteiger charge is 2.23. The maximum absolute atomic E-state index is 13.0. The first-order valence-corrected chi connectivity index (χ1v) is 9.88. The lowest BCUT2D eigenvalue weighted by Gasteiger charge is -2.36. The Morgan fingerprint density at radius 1 is 1.10 bits per heavy atom. The van der Waals surface area contributed by atoms with Crippen molar-refractivity contribution in [1.29, 1.82) is 0 Å². The van der Waals surface area contributed by atoms with Gasteiger partial charge in [-0.05, 0) is 36.4 Å². The van der Waals surface area contributed by atoms with E-state index in [9.17, 15) is 9.18 Å². The van der Waals surface area contributed by atoms with Crippen LogP contribution in [0.4, 0.5) is 10.1 Å². The van der Waals surface area contributed by atoms with Crippen LogP contribution in [-0.4, -0.2) is 54.2 Å². The van der Waals surface area contributed by atoms with Crippen LogP contribution in [0.5, 0.6) is 5.75 Å². The quantitative estimate of drug-likeness (QED) is 0.622. The molecule has 1 saturated heterocycles. The molecule has 8 heteroatoms. The zero-order chi connectivity index (χ0) is 20.9. The molecule has 0 unspecified atom stereocenters. The molecule has 1 aliphatic rings. The number of piperazine rings is 1. The maximum Gasteiger partial charge on any atom is 0.227 e. The minimum absolute atomic E-state index is 0.0659. The summed E-state index contributed by atoms with van der Waals surface area (Å²) in [6.07, 6.45) is 0.680. The number of ether oxygens (including phenoxy) is 1. The summed E-state index contributed by atoms with van der Waals surface area (Å²) in [5.74, 6) is 1.37. The molecule has 0 bridgehead atoms. The predicted octanol–water partition coefficient (Wildman–Crippen LogP) is 3.17. The van der Waals surface area contributed by atoms with E-state index in [-0.39, 0.29) is 11.7 Å². The molecule has 30 heavy (non-hydrogen) atoms. The number of hydrogen-bond donors (Lipinski definition) is 0. The van der Waals surface area contributed by atoms with Crippen molar-refractivity contribution in [2.24, 2.45) is 0 Å². The number of methoxy groups -OCH3 is 1. The average Bonchev–Trinajstić information content (AvgIpc) is 3.27. The highest BCUT2D eigenvalue weighted by molar-refractivity contribution is 5.76. The van der Waals surface area contributed by atoms with Crippen molar-refractivity contribution >= 4 is 11.6 Å². The molecule has 0 radical (unpaired) electrons. The van der Waals surface area contributed by atoms with Gasteiger partial charge in [0.2, 0.25) is 17.6 Å². The lowest BCUT2D eigenvalue weighted by molar-refractivity contribution is -0.131. The van der Waals surface area contributed by atoms with Gasteiger partial charge < -0.3 is 19.1 Å². The average molecular weight is 410 g/mol. The minimum Gasteiger partial charge on any atom is -0.495 e. The van der Waals surface area contributed by atoms with Crippen molar-refractivity contribution in [3.63, 3.8) is 0 Å². The smallest absolute Gasteiger partial charge is 0.227 e. The Morgan fingerprint density at radius 3 is 2.57 bits per heavy atom. The lowest BCUT2D eigenvalue weighted by atomic mass is 10.2. The molecule has 0 aliphatic carbocycles. The van der Waals surface area contributed by atoms with Crippen LogP contribution in [0.3, 0.4) is 0 Å². The van der Waals surface area contributed by atoms with Gasteiger partial charge in [0.05, 0.1) is 12.8 Å². The largest absolute Gasteiger partial charge is 0.495 e. The molecule has 4 rings (SSSR count). The molecular weight excluding hydrogens is 387 g/mol. The first-order valence-electron chi connectivity index (χ1n) is 9.88. The van der Waals surface area contributed by atoms with E-state index in [0.29, 0.717) is 43.2 Å². The van der Waals surface area contributed by atoms with Crippen LogP contribution in [0.25, 0.3) is 11.4 Å². The number of amides is 1. The standard InChI is InChI=1S/C22H23FN4O3/c1-29-19-5-3-2-4-18(19)26-12-14-27(15-13-26)21(28)11-10-20-24-22(25-30-20)16-6-8-17(23)9-7-16/h2-9H,10-15H2,1H3. The van der Waals surface area contributed by atoms with Crippen molar-refractivity contribution in [3.05, 3.63) is 60.2 Å². The summed E-state index contributed by atoms with van der Waals surface area (Å²) in [7, 11) is 1.66. The topological polar surface area (TPSA) is 71.7 Å². The number of para-hydroxylation sites is 2. The second-order valence-corrected chi connectivity index (χ2v) is 7.06. The Hall–Kier alpha value is -3.42. The lowest BCUT2D eigenvalue weighted by Crippen LogP contribution is -2.48. The molecule has 2 heterocycles. The van der Waals surface area contributed by atoms with Crippen molar-refractivity contribution in [2.75, 3.05) is 38.2 Å². The number of nitrogens with zero attached hydrogens (tertiary/aromatic N) is 4. The summed E-state index contributed by atoms with van der Waals surface area (Å²) >= 11 is 0. The van der Waals surface area contributed by atoms with Gasteiger partial charge in [-0.25, -0.2) is 4.39 Å². The van der Waals surface area contributed by atoms with E-state index in [2.05, 4.69) is 15.0 Å². The molecule has 0 spiro atoms. The van der Waals surface area contributed by atoms with E-state index in [4.69, 9.17) is 9.26 Å². The first kappa shape index (κ1) is 19.9. The molecule has 0 atom stereocenters. The van der Waals surface area contributed by atoms with Crippen LogP contribution < -0.4 is 9.64 Å². The van der Waals surface area contributed by atoms with Gasteiger partial charge in [-0.1, -0.05) is 17.3 Å². The van der Waals surface area contributed by atoms with Gasteiger partial charge >= 0.3 is 0 Å². The van der Waals surface area contributed by atoms with E-state index in [1.807, 2.05) is 29.2 Å². The third-order valence-electron chi connectivity index (χ3n) is 5.18. The van der Waals surface area contributed by atoms with Gasteiger partial charge in [-0.2, -0.15) is 4.98 Å². The summed E-state index contributed by atoms with van der Waals surface area (Å²) in [6, 6.07) is 13.8. The Labute approximate surface area is 174 Å². The molecule has 2 aromatic carbocycles. The van der Waals surface area contributed by atoms with Crippen LogP contribution >= 0.6 is 0 Å². The molecule has 1 aromatic heterocycles. The predicted molar refractivity (Wildman–Crippen MR) is 110 cm³/mol. The second kappa shape index (κ2) is 8.94. The first-order chi connectivity index (χ1) is 14.6. The Balaban J connectivity index is 1.29. The summed E-state index contributed by atoms with van der Waals surface area (Å²) in [5.41, 5.74) is 1.72. The summed E-state index contributed by atoms with van der Waals surface area (Å²) < 4.78 is 23.7. The third kappa shape index (κ3) is 4.42. The Morgan fingerprint density at radius 2 is 1.83 bits per heavy atom. The Kier molecular flexibility index (Phi) is 5.92. The number of halogens is 1. The number of carbonyl (C=O) groups is 1. The van der Waals surface area contributed by atoms with Crippen LogP contribution in [0.1, 0.15) is 12.3 Å². The molecule has 1 fully saturated rings. The summed E-state index contributed by atoms with van der Waals surface area (Å²) in [4.78, 5) is 21.0. The zero-order valence-corrected chi connectivity index (χ0v) is 16.8. The number of aromatic nitrogens is 2. The van der Waals surface area contributed by atoms with Crippen molar-refractivity contribution in [3.8, 4) is 17.1 Å². The fourth-order valence-corrected chi connectivity index (χ4v) is 3.53. The van der Waals surface area contributed by atoms with Crippen molar-refractivity contribution in [1.82, 2.24) is 15.0 Å². The van der Waals surface area contributed by atoms with Crippen molar-refractivity contribution in [2.45, 2.75) is 12.8 Å². The normalized spacial score (nSPS) is 14.1. The van der Waals surface area contributed by atoms with Crippen molar-refractivity contribution < 1.29 is 18.4 Å². The molecule has 7 nitrogen and oxygen atoms in total. The number of carbonyl (C=O) groups excluding carboxylic acids is 1. The zero-order valence-electron chi connectivity index (χ0n) is 16.8. The summed E-state index contributed by atoms with van der Waals surface area (Å²) in [6.45, 7) is 2.81. The minimum atomic E-state index is -0.320. The van der Waals surface area contributed by atoms with Gasteiger partial charge in [0.25, 0.3) is 0 Å². The molecule has 0 saturated carbocycles. The molecule has 1 amide bonds. The number of hydrogen-bond acceptors (Lipinski definition) is 6. The number of aryl methyl sites for hydroxylation is 1. The highest BCUT2D eigenvalue weighted by atomic mass is 19.1. The maximum atomic E-state index is 13.0. The van der Waals surface area contributed by atoms with E-state index >= 15 is 0 Å². The van der Waals surface area contributed by atoms with E-state index < -0.39 is 0 Å². The number of rotatable bonds is 6. The number of anilines is 1. The van der Waals surface area contributed by atoms with Gasteiger partial charge in [0.15, 0.2) is 0 Å². The fraction of sp³-hybridized carbons (Fsp3) is 0.318. The SMILES string of the molecule is COc1ccccc1N1CCN(C(=O)CCc2nc(-c3ccc(F)cc3)no2)CC1. The van der Waals surface area contributed by atoms with Crippen LogP contribution in [0.2, 0.25) is 0 Å². The molecule has 1 aliphatic heterocycles. The third-order valence-corrected chi connectivity index (χ3v) is 5.18. The van der Waals surface area contributed by atoms with Gasteiger partial charge in [-0.15, -0.1) is 0 Å². The number of benzene rings is 2. The molecule has 3 aromatic rings. The van der Waals surface area contributed by atoms with E-state index in [0.717, 1.165) is 24.5 Å². The highest BCUT2D eigenvalue weighted by Crippen LogP contribution is 2.28. The second-order valence-electron chi connectivity index (χ2n) is 7.06. The van der Waals surface area contributed by atoms with E-state index in [1.165, 1.54) is 12.1 Å². The van der Waals surface area contributed by atoms with Crippen LogP contribution in [0, 0.1) is 5.82 Å². The van der Waals surface area contributed by atoms with Gasteiger partial charge in [0.1, 0.15) is 11.6 Å². The molecule has 156 valence electrons. The van der Waals surface area contributed by atoms with Gasteiger partial charge in [0, 0.05) is 44.6 Å². The molecular formula is C22H23FN4O3. The van der Waals surface area contributed by atoms with Crippen LogP contribution in [0.15, 0.2) is 53.1 Å². The Bertz CT molecular complexity index is 998. The fourth-order valence-electron chi connectivity index (χ4n) is 3.53.